The van der Waals surface area contributed by atoms with Crippen LogP contribution in [0.4, 0.5) is 67.3 Å². The molecule has 0 aromatic carbocycles. The van der Waals surface area contributed by atoms with Gasteiger partial charge in [-0.15, -0.1) is 0 Å². The molecule has 1 rings (SSSR count). The number of rotatable bonds is 5. The summed E-state index contributed by atoms with van der Waals surface area (Å²) >= 11 is 0. The van der Waals surface area contributed by atoms with E-state index >= 15 is 0 Å². The van der Waals surface area contributed by atoms with Gasteiger partial charge >= 0.3 is 53.5 Å². The van der Waals surface area contributed by atoms with Crippen molar-refractivity contribution in [2.45, 2.75) is 36.0 Å². The van der Waals surface area contributed by atoms with Gasteiger partial charge in [-0.3, -0.25) is 9.59 Å². The minimum absolute atomic E-state index is 0.208. The van der Waals surface area contributed by atoms with E-state index in [1.807, 2.05) is 0 Å². The normalized spacial score (nSPS) is 14.3. The molecule has 0 saturated heterocycles. The quantitative estimate of drug-likeness (QED) is 0.625. The van der Waals surface area contributed by atoms with E-state index in [0.29, 0.717) is 5.32 Å². The fraction of sp³-hybridized carbons (Fsp3) is 0.500. The van der Waals surface area contributed by atoms with Gasteiger partial charge in [0.05, 0.1) is 0 Å². The molecule has 0 aliphatic rings. The maximum Gasteiger partial charge on any atom is 0.460 e. The highest BCUT2D eigenvalue weighted by Crippen LogP contribution is 2.48. The lowest BCUT2D eigenvalue weighted by Crippen LogP contribution is -2.59. The first kappa shape index (κ1) is 27.1. The molecule has 0 aliphatic carbocycles. The van der Waals surface area contributed by atoms with Crippen molar-refractivity contribution in [3.63, 3.8) is 0 Å². The van der Waals surface area contributed by atoms with Crippen molar-refractivity contribution >= 4 is 17.6 Å². The summed E-state index contributed by atoms with van der Waals surface area (Å²) in [5.74, 6) is -35.8. The number of aromatic nitrogens is 2. The topological polar surface area (TPSA) is 81.1 Å². The van der Waals surface area contributed by atoms with Crippen LogP contribution in [-0.2, 0) is 4.79 Å². The number of halogens is 14. The summed E-state index contributed by atoms with van der Waals surface area (Å²) in [5.41, 5.74) is -2.53. The molecule has 0 radical (unpaired) electrons. The van der Waals surface area contributed by atoms with Crippen LogP contribution in [-0.4, -0.2) is 57.4 Å². The number of hydrogen-bond acceptors (Lipinski definition) is 4. The van der Waals surface area contributed by atoms with Crippen molar-refractivity contribution in [2.24, 2.45) is 0 Å². The molecule has 0 bridgehead atoms. The Bertz CT molecular complexity index is 962. The van der Waals surface area contributed by atoms with Crippen LogP contribution in [0.5, 0.6) is 0 Å². The highest BCUT2D eigenvalue weighted by Gasteiger charge is 2.77. The Hall–Kier alpha value is -2.96. The van der Waals surface area contributed by atoms with Crippen LogP contribution in [0.1, 0.15) is 4.79 Å². The van der Waals surface area contributed by atoms with Gasteiger partial charge in [-0.1, -0.05) is 0 Å². The van der Waals surface area contributed by atoms with E-state index in [4.69, 9.17) is 0 Å². The molecule has 1 N–H and O–H groups in total. The van der Waals surface area contributed by atoms with Gasteiger partial charge in [-0.05, 0) is 6.07 Å². The van der Waals surface area contributed by atoms with Crippen molar-refractivity contribution in [1.82, 2.24) is 9.55 Å². The van der Waals surface area contributed by atoms with Gasteiger partial charge in [-0.2, -0.15) is 66.4 Å². The van der Waals surface area contributed by atoms with Gasteiger partial charge in [0.1, 0.15) is 5.82 Å². The predicted molar refractivity (Wildman–Crippen MR) is 69.7 cm³/mol. The summed E-state index contributed by atoms with van der Waals surface area (Å²) in [4.78, 5) is 36.0. The van der Waals surface area contributed by atoms with Crippen molar-refractivity contribution < 1.29 is 71.1 Å². The van der Waals surface area contributed by atoms with Crippen LogP contribution in [0.25, 0.3) is 0 Å². The summed E-state index contributed by atoms with van der Waals surface area (Å²) in [7, 11) is 0. The minimum Gasteiger partial charge on any atom is -0.305 e. The molecule has 182 valence electrons. The molecule has 0 saturated carbocycles. The Balaban J connectivity index is 3.28. The lowest BCUT2D eigenvalue weighted by Gasteiger charge is -2.27. The van der Waals surface area contributed by atoms with E-state index in [0.717, 1.165) is 0 Å². The number of carbonyl (C=O) groups excluding carboxylic acids is 2. The van der Waals surface area contributed by atoms with Crippen molar-refractivity contribution in [2.75, 3.05) is 5.32 Å². The standard InChI is InChI=1S/C12H3F14N3O3/c13-7(14,9(17,18)11(21,22)23)4(30)27-3-1-2-29(6(32)28-3)5(31)8(15,16)10(19,20)12(24,25)26/h1-2H,(H,27,28,30,32). The van der Waals surface area contributed by atoms with E-state index in [9.17, 15) is 75.8 Å². The SMILES string of the molecule is O=C(Nc1ccn(C(=O)C(F)(F)C(F)(F)C(F)(F)F)c(=O)n1)C(F)(F)C(F)(F)C(F)(F)F. The van der Waals surface area contributed by atoms with E-state index in [2.05, 4.69) is 4.98 Å². The molecular formula is C12H3F14N3O3. The highest BCUT2D eigenvalue weighted by atomic mass is 19.4. The van der Waals surface area contributed by atoms with Gasteiger partial charge < -0.3 is 5.32 Å². The van der Waals surface area contributed by atoms with Crippen LogP contribution in [0.2, 0.25) is 0 Å². The first-order valence-corrected chi connectivity index (χ1v) is 7.03. The second-order valence-electron chi connectivity index (χ2n) is 5.52. The van der Waals surface area contributed by atoms with E-state index in [-0.39, 0.29) is 6.07 Å². The zero-order valence-electron chi connectivity index (χ0n) is 14.1. The van der Waals surface area contributed by atoms with Crippen molar-refractivity contribution in [1.29, 1.82) is 0 Å². The largest absolute Gasteiger partial charge is 0.460 e. The third kappa shape index (κ3) is 4.20. The first-order valence-electron chi connectivity index (χ1n) is 7.03. The fourth-order valence-corrected chi connectivity index (χ4v) is 1.61. The summed E-state index contributed by atoms with van der Waals surface area (Å²) in [6.07, 6.45) is -14.4. The Morgan fingerprint density at radius 2 is 1.16 bits per heavy atom. The molecule has 1 amide bonds. The van der Waals surface area contributed by atoms with Gasteiger partial charge in [0.15, 0.2) is 0 Å². The van der Waals surface area contributed by atoms with Crippen LogP contribution in [0.15, 0.2) is 17.1 Å². The fourth-order valence-electron chi connectivity index (χ4n) is 1.61. The molecule has 6 nitrogen and oxygen atoms in total. The molecule has 0 unspecified atom stereocenters. The maximum atomic E-state index is 13.3. The number of nitrogens with one attached hydrogen (secondary N) is 1. The third-order valence-electron chi connectivity index (χ3n) is 3.32. The Morgan fingerprint density at radius 1 is 0.750 bits per heavy atom. The summed E-state index contributed by atoms with van der Waals surface area (Å²) < 4.78 is 175. The Labute approximate surface area is 163 Å². The highest BCUT2D eigenvalue weighted by molar-refractivity contribution is 5.96. The summed E-state index contributed by atoms with van der Waals surface area (Å²) in [6, 6.07) is -0.208. The van der Waals surface area contributed by atoms with E-state index in [1.165, 1.54) is 0 Å². The van der Waals surface area contributed by atoms with E-state index in [1.54, 1.807) is 0 Å². The Kier molecular flexibility index (Phi) is 6.41. The van der Waals surface area contributed by atoms with Crippen LogP contribution < -0.4 is 11.0 Å². The average molecular weight is 503 g/mol. The second kappa shape index (κ2) is 7.57. The monoisotopic (exact) mass is 503 g/mol. The lowest BCUT2D eigenvalue weighted by molar-refractivity contribution is -0.343. The molecule has 1 heterocycles. The van der Waals surface area contributed by atoms with Crippen molar-refractivity contribution in [3.05, 3.63) is 22.7 Å². The second-order valence-corrected chi connectivity index (χ2v) is 5.52. The molecular weight excluding hydrogens is 500 g/mol. The zero-order valence-corrected chi connectivity index (χ0v) is 14.1. The number of amides is 1. The van der Waals surface area contributed by atoms with Gasteiger partial charge in [0, 0.05) is 6.20 Å². The van der Waals surface area contributed by atoms with Gasteiger partial charge in [-0.25, -0.2) is 9.36 Å². The average Bonchev–Trinajstić information content (AvgIpc) is 2.58. The molecule has 1 aromatic rings. The van der Waals surface area contributed by atoms with Crippen LogP contribution in [0, 0.1) is 0 Å². The van der Waals surface area contributed by atoms with Crippen LogP contribution in [0.3, 0.4) is 0 Å². The summed E-state index contributed by atoms with van der Waals surface area (Å²) in [6.45, 7) is 0. The van der Waals surface area contributed by atoms with Gasteiger partial charge in [0.2, 0.25) is 0 Å². The lowest BCUT2D eigenvalue weighted by atomic mass is 10.1. The first-order chi connectivity index (χ1) is 13.9. The zero-order chi connectivity index (χ0) is 25.7. The molecule has 32 heavy (non-hydrogen) atoms. The summed E-state index contributed by atoms with van der Waals surface area (Å²) in [5, 5.41) is 0.540. The smallest absolute Gasteiger partial charge is 0.305 e. The van der Waals surface area contributed by atoms with Gasteiger partial charge in [0.25, 0.3) is 0 Å². The number of nitrogens with zero attached hydrogens (tertiary/aromatic N) is 2. The number of anilines is 1. The van der Waals surface area contributed by atoms with Crippen molar-refractivity contribution in [3.8, 4) is 0 Å². The third-order valence-corrected chi connectivity index (χ3v) is 3.32. The molecule has 1 aromatic heterocycles. The molecule has 0 atom stereocenters. The number of hydrogen-bond donors (Lipinski definition) is 1. The number of carbonyl (C=O) groups is 2. The predicted octanol–water partition coefficient (Wildman–Crippen LogP) is 3.49. The molecule has 0 fully saturated rings. The van der Waals surface area contributed by atoms with Crippen LogP contribution >= 0.6 is 0 Å². The molecule has 0 spiro atoms. The Morgan fingerprint density at radius 3 is 1.53 bits per heavy atom. The molecule has 0 aliphatic heterocycles. The van der Waals surface area contributed by atoms with E-state index < -0.39 is 70.1 Å². The number of alkyl halides is 14. The molecule has 20 heteroatoms. The maximum absolute atomic E-state index is 13.3. The minimum atomic E-state index is -7.02.